The lowest BCUT2D eigenvalue weighted by Crippen LogP contribution is -2.39. The molecule has 220 valence electrons. The van der Waals surface area contributed by atoms with E-state index in [4.69, 9.17) is 23.7 Å². The second-order valence-corrected chi connectivity index (χ2v) is 10.1. The zero-order chi connectivity index (χ0) is 28.8. The number of ketones is 1. The standard InChI is InChI=1S/C31H38N2O8/c1-3-14-39-23-8-6-21(19-25(23)38-4-2)28-27(29(34)22-7-9-24-26(20-22)41-18-17-40-24)30(35)31(36)33(28)11-5-10-32-12-15-37-16-13-32/h6-9,19-20,28,34H,3-5,10-18H2,1-2H3/b29-27+/t28-/m1/s1. The number of fused-ring (bicyclic) bond motifs is 1. The number of aliphatic hydroxyl groups is 1. The lowest BCUT2D eigenvalue weighted by molar-refractivity contribution is -0.140. The molecular formula is C31H38N2O8. The molecule has 2 saturated heterocycles. The van der Waals surface area contributed by atoms with Gasteiger partial charge in [-0.2, -0.15) is 0 Å². The Morgan fingerprint density at radius 1 is 0.927 bits per heavy atom. The van der Waals surface area contributed by atoms with Gasteiger partial charge in [0, 0.05) is 31.7 Å². The van der Waals surface area contributed by atoms with Crippen LogP contribution >= 0.6 is 0 Å². The molecule has 0 spiro atoms. The summed E-state index contributed by atoms with van der Waals surface area (Å²) in [5.74, 6) is 0.540. The molecule has 0 aromatic heterocycles. The Hall–Kier alpha value is -3.76. The first-order valence-electron chi connectivity index (χ1n) is 14.4. The zero-order valence-corrected chi connectivity index (χ0v) is 23.7. The van der Waals surface area contributed by atoms with Crippen molar-refractivity contribution < 1.29 is 38.4 Å². The van der Waals surface area contributed by atoms with Crippen molar-refractivity contribution in [1.82, 2.24) is 9.80 Å². The van der Waals surface area contributed by atoms with Gasteiger partial charge >= 0.3 is 0 Å². The van der Waals surface area contributed by atoms with E-state index in [9.17, 15) is 14.7 Å². The van der Waals surface area contributed by atoms with Crippen LogP contribution in [0.1, 0.15) is 43.9 Å². The maximum atomic E-state index is 13.5. The number of nitrogens with zero attached hydrogens (tertiary/aromatic N) is 2. The van der Waals surface area contributed by atoms with E-state index in [1.165, 1.54) is 0 Å². The molecule has 1 atom stereocenters. The van der Waals surface area contributed by atoms with Crippen LogP contribution in [0.5, 0.6) is 23.0 Å². The van der Waals surface area contributed by atoms with E-state index in [1.807, 2.05) is 19.9 Å². The minimum absolute atomic E-state index is 0.0303. The van der Waals surface area contributed by atoms with E-state index >= 15 is 0 Å². The molecule has 1 N–H and O–H groups in total. The summed E-state index contributed by atoms with van der Waals surface area (Å²) in [5, 5.41) is 11.5. The molecule has 0 unspecified atom stereocenters. The van der Waals surface area contributed by atoms with E-state index in [1.54, 1.807) is 35.2 Å². The number of morpholine rings is 1. The Labute approximate surface area is 240 Å². The summed E-state index contributed by atoms with van der Waals surface area (Å²) in [6.45, 7) is 9.86. The second-order valence-electron chi connectivity index (χ2n) is 10.1. The Balaban J connectivity index is 1.52. The third-order valence-corrected chi connectivity index (χ3v) is 7.38. The van der Waals surface area contributed by atoms with Crippen LogP contribution in [0.3, 0.4) is 0 Å². The van der Waals surface area contributed by atoms with Crippen LogP contribution in [0.4, 0.5) is 0 Å². The van der Waals surface area contributed by atoms with Gasteiger partial charge in [-0.25, -0.2) is 0 Å². The summed E-state index contributed by atoms with van der Waals surface area (Å²) in [6.07, 6.45) is 1.51. The molecule has 3 aliphatic rings. The van der Waals surface area contributed by atoms with Crippen molar-refractivity contribution in [3.8, 4) is 23.0 Å². The van der Waals surface area contributed by atoms with Crippen molar-refractivity contribution in [3.63, 3.8) is 0 Å². The van der Waals surface area contributed by atoms with Crippen LogP contribution in [0.25, 0.3) is 5.76 Å². The van der Waals surface area contributed by atoms with Crippen LogP contribution in [0.15, 0.2) is 42.0 Å². The number of aliphatic hydroxyl groups excluding tert-OH is 1. The van der Waals surface area contributed by atoms with Gasteiger partial charge < -0.3 is 33.7 Å². The van der Waals surface area contributed by atoms with Gasteiger partial charge in [0.25, 0.3) is 11.7 Å². The summed E-state index contributed by atoms with van der Waals surface area (Å²) >= 11 is 0. The summed E-state index contributed by atoms with van der Waals surface area (Å²) in [7, 11) is 0. The monoisotopic (exact) mass is 566 g/mol. The SMILES string of the molecule is CCCOc1ccc([C@@H]2/C(=C(\O)c3ccc4c(c3)OCCO4)C(=O)C(=O)N2CCCN2CCOCC2)cc1OCC. The third-order valence-electron chi connectivity index (χ3n) is 7.38. The van der Waals surface area contributed by atoms with Gasteiger partial charge in [0.2, 0.25) is 0 Å². The molecule has 0 saturated carbocycles. The second kappa shape index (κ2) is 13.3. The molecule has 0 bridgehead atoms. The highest BCUT2D eigenvalue weighted by molar-refractivity contribution is 6.46. The van der Waals surface area contributed by atoms with Gasteiger partial charge in [-0.15, -0.1) is 0 Å². The van der Waals surface area contributed by atoms with Crippen molar-refractivity contribution in [1.29, 1.82) is 0 Å². The first kappa shape index (κ1) is 28.8. The Morgan fingerprint density at radius 3 is 2.46 bits per heavy atom. The molecular weight excluding hydrogens is 528 g/mol. The zero-order valence-electron chi connectivity index (χ0n) is 23.7. The predicted octanol–water partition coefficient (Wildman–Crippen LogP) is 3.79. The number of amides is 1. The number of ether oxygens (including phenoxy) is 5. The van der Waals surface area contributed by atoms with Crippen molar-refractivity contribution in [2.75, 3.05) is 65.8 Å². The van der Waals surface area contributed by atoms with Crippen LogP contribution in [0, 0.1) is 0 Å². The summed E-state index contributed by atoms with van der Waals surface area (Å²) in [6, 6.07) is 9.64. The van der Waals surface area contributed by atoms with E-state index < -0.39 is 17.7 Å². The molecule has 2 fully saturated rings. The molecule has 0 radical (unpaired) electrons. The minimum Gasteiger partial charge on any atom is -0.507 e. The highest BCUT2D eigenvalue weighted by Gasteiger charge is 2.46. The number of likely N-dealkylation sites (tertiary alicyclic amines) is 1. The number of Topliss-reactive ketones (excluding diaryl/α,β-unsaturated/α-hetero) is 1. The lowest BCUT2D eigenvalue weighted by Gasteiger charge is -2.29. The van der Waals surface area contributed by atoms with E-state index in [0.29, 0.717) is 86.7 Å². The summed E-state index contributed by atoms with van der Waals surface area (Å²) in [5.41, 5.74) is 1.06. The Morgan fingerprint density at radius 2 is 1.71 bits per heavy atom. The predicted molar refractivity (Wildman–Crippen MR) is 152 cm³/mol. The largest absolute Gasteiger partial charge is 0.507 e. The van der Waals surface area contributed by atoms with Crippen molar-refractivity contribution in [2.45, 2.75) is 32.7 Å². The molecule has 10 nitrogen and oxygen atoms in total. The van der Waals surface area contributed by atoms with Gasteiger partial charge in [-0.1, -0.05) is 13.0 Å². The summed E-state index contributed by atoms with van der Waals surface area (Å²) in [4.78, 5) is 30.9. The van der Waals surface area contributed by atoms with Gasteiger partial charge in [0.1, 0.15) is 19.0 Å². The Kier molecular flexibility index (Phi) is 9.31. The molecule has 3 heterocycles. The van der Waals surface area contributed by atoms with E-state index in [-0.39, 0.29) is 11.3 Å². The Bertz CT molecular complexity index is 1290. The average Bonchev–Trinajstić information content (AvgIpc) is 3.25. The molecule has 2 aromatic rings. The van der Waals surface area contributed by atoms with Crippen LogP contribution < -0.4 is 18.9 Å². The number of benzene rings is 2. The highest BCUT2D eigenvalue weighted by atomic mass is 16.6. The molecule has 5 rings (SSSR count). The lowest BCUT2D eigenvalue weighted by atomic mass is 9.94. The quantitative estimate of drug-likeness (QED) is 0.247. The molecule has 2 aromatic carbocycles. The number of rotatable bonds is 11. The van der Waals surface area contributed by atoms with Crippen LogP contribution in [0.2, 0.25) is 0 Å². The van der Waals surface area contributed by atoms with Crippen molar-refractivity contribution >= 4 is 17.4 Å². The number of hydrogen-bond acceptors (Lipinski definition) is 9. The number of hydrogen-bond donors (Lipinski definition) is 1. The van der Waals surface area contributed by atoms with Crippen molar-refractivity contribution in [3.05, 3.63) is 53.1 Å². The van der Waals surface area contributed by atoms with Gasteiger partial charge in [-0.05, 0) is 55.7 Å². The smallest absolute Gasteiger partial charge is 0.295 e. The molecule has 41 heavy (non-hydrogen) atoms. The van der Waals surface area contributed by atoms with Gasteiger partial charge in [0.05, 0.1) is 38.0 Å². The first-order chi connectivity index (χ1) is 20.0. The highest BCUT2D eigenvalue weighted by Crippen LogP contribution is 2.43. The average molecular weight is 567 g/mol. The third kappa shape index (κ3) is 6.28. The van der Waals surface area contributed by atoms with Crippen LogP contribution in [-0.2, 0) is 14.3 Å². The fourth-order valence-electron chi connectivity index (χ4n) is 5.39. The number of carbonyl (C=O) groups is 2. The molecule has 10 heteroatoms. The molecule has 0 aliphatic carbocycles. The first-order valence-corrected chi connectivity index (χ1v) is 14.4. The molecule has 3 aliphatic heterocycles. The van der Waals surface area contributed by atoms with Crippen LogP contribution in [-0.4, -0.2) is 92.4 Å². The normalized spacial score (nSPS) is 20.3. The van der Waals surface area contributed by atoms with E-state index in [0.717, 1.165) is 26.1 Å². The maximum Gasteiger partial charge on any atom is 0.295 e. The van der Waals surface area contributed by atoms with E-state index in [2.05, 4.69) is 4.90 Å². The van der Waals surface area contributed by atoms with Gasteiger partial charge in [0.15, 0.2) is 23.0 Å². The molecule has 1 amide bonds. The number of carbonyl (C=O) groups excluding carboxylic acids is 2. The summed E-state index contributed by atoms with van der Waals surface area (Å²) < 4.78 is 28.5. The maximum absolute atomic E-state index is 13.5. The topological polar surface area (TPSA) is 107 Å². The van der Waals surface area contributed by atoms with Crippen molar-refractivity contribution in [2.24, 2.45) is 0 Å². The van der Waals surface area contributed by atoms with Gasteiger partial charge in [-0.3, -0.25) is 14.5 Å². The minimum atomic E-state index is -0.799. The fourth-order valence-corrected chi connectivity index (χ4v) is 5.39. The fraction of sp³-hybridized carbons (Fsp3) is 0.484.